The van der Waals surface area contributed by atoms with Crippen LogP contribution < -0.4 is 11.5 Å². The number of aromatic nitrogens is 2. The lowest BCUT2D eigenvalue weighted by molar-refractivity contribution is 0.0999. The summed E-state index contributed by atoms with van der Waals surface area (Å²) in [5, 5.41) is 0. The Morgan fingerprint density at radius 3 is 2.50 bits per heavy atom. The van der Waals surface area contributed by atoms with E-state index in [1.165, 1.54) is 11.1 Å². The van der Waals surface area contributed by atoms with Gasteiger partial charge < -0.3 is 16.0 Å². The van der Waals surface area contributed by atoms with Gasteiger partial charge in [-0.2, -0.15) is 0 Å². The SMILES string of the molecule is Cc1cc(N)nc(C)c1CCc1cn(Cc2ccccc2)cc1C(N)=O. The minimum Gasteiger partial charge on any atom is -0.384 e. The van der Waals surface area contributed by atoms with Crippen molar-refractivity contribution >= 4 is 11.7 Å². The third-order valence-electron chi connectivity index (χ3n) is 4.65. The average molecular weight is 348 g/mol. The maximum Gasteiger partial charge on any atom is 0.250 e. The molecule has 4 N–H and O–H groups in total. The van der Waals surface area contributed by atoms with Crippen LogP contribution >= 0.6 is 0 Å². The van der Waals surface area contributed by atoms with E-state index in [-0.39, 0.29) is 0 Å². The standard InChI is InChI=1S/C21H24N4O/c1-14-10-20(22)24-15(2)18(14)9-8-17-12-25(13-19(17)21(23)26)11-16-6-4-3-5-7-16/h3-7,10,12-13H,8-9,11H2,1-2H3,(H2,22,24)(H2,23,26). The lowest BCUT2D eigenvalue weighted by Gasteiger charge is -2.10. The van der Waals surface area contributed by atoms with E-state index in [1.807, 2.05) is 55.1 Å². The minimum absolute atomic E-state index is 0.393. The Labute approximate surface area is 153 Å². The van der Waals surface area contributed by atoms with Crippen molar-refractivity contribution in [2.75, 3.05) is 5.73 Å². The number of hydrogen-bond acceptors (Lipinski definition) is 3. The van der Waals surface area contributed by atoms with Gasteiger partial charge in [0.25, 0.3) is 5.91 Å². The van der Waals surface area contributed by atoms with E-state index in [2.05, 4.69) is 17.1 Å². The number of primary amides is 1. The van der Waals surface area contributed by atoms with Crippen molar-refractivity contribution in [1.29, 1.82) is 0 Å². The molecule has 2 aromatic heterocycles. The van der Waals surface area contributed by atoms with Crippen molar-refractivity contribution in [1.82, 2.24) is 9.55 Å². The van der Waals surface area contributed by atoms with Crippen LogP contribution in [0.15, 0.2) is 48.8 Å². The quantitative estimate of drug-likeness (QED) is 0.718. The fraction of sp³-hybridized carbons (Fsp3) is 0.238. The number of aryl methyl sites for hydroxylation is 3. The number of benzene rings is 1. The molecule has 2 heterocycles. The zero-order chi connectivity index (χ0) is 18.7. The van der Waals surface area contributed by atoms with Crippen LogP contribution in [0.5, 0.6) is 0 Å². The molecule has 0 radical (unpaired) electrons. The number of amides is 1. The molecule has 3 rings (SSSR count). The summed E-state index contributed by atoms with van der Waals surface area (Å²) in [7, 11) is 0. The van der Waals surface area contributed by atoms with Crippen molar-refractivity contribution < 1.29 is 4.79 Å². The monoisotopic (exact) mass is 348 g/mol. The molecular formula is C21H24N4O. The van der Waals surface area contributed by atoms with E-state index in [0.717, 1.165) is 29.7 Å². The van der Waals surface area contributed by atoms with Crippen LogP contribution in [-0.4, -0.2) is 15.5 Å². The molecule has 0 fully saturated rings. The lowest BCUT2D eigenvalue weighted by Crippen LogP contribution is -2.12. The summed E-state index contributed by atoms with van der Waals surface area (Å²) >= 11 is 0. The molecule has 0 bridgehead atoms. The van der Waals surface area contributed by atoms with Gasteiger partial charge in [0.05, 0.1) is 5.56 Å². The Hall–Kier alpha value is -3.08. The summed E-state index contributed by atoms with van der Waals surface area (Å²) < 4.78 is 2.02. The third kappa shape index (κ3) is 3.94. The maximum atomic E-state index is 11.9. The molecule has 1 amide bonds. The maximum absolute atomic E-state index is 11.9. The van der Waals surface area contributed by atoms with Crippen LogP contribution in [-0.2, 0) is 19.4 Å². The Kier molecular flexibility index (Phi) is 5.07. The van der Waals surface area contributed by atoms with Crippen molar-refractivity contribution in [3.8, 4) is 0 Å². The topological polar surface area (TPSA) is 86.9 Å². The summed E-state index contributed by atoms with van der Waals surface area (Å²) in [4.78, 5) is 16.2. The predicted octanol–water partition coefficient (Wildman–Crippen LogP) is 3.01. The van der Waals surface area contributed by atoms with E-state index in [1.54, 1.807) is 0 Å². The highest BCUT2D eigenvalue weighted by atomic mass is 16.1. The van der Waals surface area contributed by atoms with Crippen LogP contribution in [0.4, 0.5) is 5.82 Å². The van der Waals surface area contributed by atoms with Crippen LogP contribution in [0.2, 0.25) is 0 Å². The van der Waals surface area contributed by atoms with Crippen LogP contribution in [0, 0.1) is 13.8 Å². The van der Waals surface area contributed by atoms with Gasteiger partial charge in [-0.25, -0.2) is 4.98 Å². The second-order valence-electron chi connectivity index (χ2n) is 6.65. The van der Waals surface area contributed by atoms with Gasteiger partial charge >= 0.3 is 0 Å². The summed E-state index contributed by atoms with van der Waals surface area (Å²) in [5.74, 6) is 0.145. The number of hydrogen-bond donors (Lipinski definition) is 2. The van der Waals surface area contributed by atoms with E-state index in [0.29, 0.717) is 17.9 Å². The van der Waals surface area contributed by atoms with Gasteiger partial charge in [-0.3, -0.25) is 4.79 Å². The molecule has 0 saturated carbocycles. The van der Waals surface area contributed by atoms with Gasteiger partial charge in [0, 0.05) is 24.6 Å². The summed E-state index contributed by atoms with van der Waals surface area (Å²) in [6.07, 6.45) is 5.38. The van der Waals surface area contributed by atoms with Crippen LogP contribution in [0.1, 0.15) is 38.3 Å². The molecule has 1 aromatic carbocycles. The molecule has 0 spiro atoms. The number of nitrogens with zero attached hydrogens (tertiary/aromatic N) is 2. The van der Waals surface area contributed by atoms with Gasteiger partial charge in [-0.05, 0) is 55.0 Å². The van der Waals surface area contributed by atoms with Crippen molar-refractivity contribution in [2.45, 2.75) is 33.2 Å². The summed E-state index contributed by atoms with van der Waals surface area (Å²) in [6, 6.07) is 12.0. The van der Waals surface area contributed by atoms with Crippen molar-refractivity contribution in [3.05, 3.63) is 82.3 Å². The molecule has 0 aliphatic heterocycles. The highest BCUT2D eigenvalue weighted by molar-refractivity contribution is 5.94. The molecule has 0 saturated heterocycles. The first-order valence-corrected chi connectivity index (χ1v) is 8.69. The first-order valence-electron chi connectivity index (χ1n) is 8.69. The van der Waals surface area contributed by atoms with Gasteiger partial charge in [0.2, 0.25) is 0 Å². The first kappa shape index (κ1) is 17.7. The fourth-order valence-corrected chi connectivity index (χ4v) is 3.39. The number of nitrogens with two attached hydrogens (primary N) is 2. The first-order chi connectivity index (χ1) is 12.4. The summed E-state index contributed by atoms with van der Waals surface area (Å²) in [6.45, 7) is 4.72. The Bertz CT molecular complexity index is 905. The molecule has 0 unspecified atom stereocenters. The van der Waals surface area contributed by atoms with Gasteiger partial charge in [-0.1, -0.05) is 30.3 Å². The number of anilines is 1. The van der Waals surface area contributed by atoms with Gasteiger partial charge in [0.1, 0.15) is 5.82 Å². The fourth-order valence-electron chi connectivity index (χ4n) is 3.39. The number of carbonyl (C=O) groups is 1. The van der Waals surface area contributed by atoms with Crippen molar-refractivity contribution in [2.24, 2.45) is 5.73 Å². The molecular weight excluding hydrogens is 324 g/mol. The molecule has 0 aliphatic carbocycles. The normalized spacial score (nSPS) is 10.8. The largest absolute Gasteiger partial charge is 0.384 e. The molecule has 0 aliphatic rings. The van der Waals surface area contributed by atoms with Gasteiger partial charge in [-0.15, -0.1) is 0 Å². The second-order valence-corrected chi connectivity index (χ2v) is 6.65. The van der Waals surface area contributed by atoms with Crippen molar-refractivity contribution in [3.63, 3.8) is 0 Å². The lowest BCUT2D eigenvalue weighted by atomic mass is 9.99. The molecule has 134 valence electrons. The zero-order valence-corrected chi connectivity index (χ0v) is 15.2. The molecule has 0 atom stereocenters. The van der Waals surface area contributed by atoms with Crippen LogP contribution in [0.3, 0.4) is 0 Å². The summed E-state index contributed by atoms with van der Waals surface area (Å²) in [5.41, 5.74) is 17.3. The molecule has 5 nitrogen and oxygen atoms in total. The Balaban J connectivity index is 1.82. The van der Waals surface area contributed by atoms with E-state index < -0.39 is 5.91 Å². The van der Waals surface area contributed by atoms with Gasteiger partial charge in [0.15, 0.2) is 0 Å². The van der Waals surface area contributed by atoms with E-state index >= 15 is 0 Å². The smallest absolute Gasteiger partial charge is 0.250 e. The molecule has 5 heteroatoms. The second kappa shape index (κ2) is 7.44. The number of rotatable bonds is 6. The average Bonchev–Trinajstić information content (AvgIpc) is 2.98. The highest BCUT2D eigenvalue weighted by Gasteiger charge is 2.14. The zero-order valence-electron chi connectivity index (χ0n) is 15.2. The number of pyridine rings is 1. The van der Waals surface area contributed by atoms with E-state index in [9.17, 15) is 4.79 Å². The van der Waals surface area contributed by atoms with E-state index in [4.69, 9.17) is 11.5 Å². The predicted molar refractivity (Wildman–Crippen MR) is 104 cm³/mol. The Morgan fingerprint density at radius 1 is 1.12 bits per heavy atom. The Morgan fingerprint density at radius 2 is 1.85 bits per heavy atom. The highest BCUT2D eigenvalue weighted by Crippen LogP contribution is 2.20. The van der Waals surface area contributed by atoms with Crippen LogP contribution in [0.25, 0.3) is 0 Å². The number of nitrogen functional groups attached to an aromatic ring is 1. The molecule has 3 aromatic rings. The minimum atomic E-state index is -0.393. The number of carbonyl (C=O) groups excluding carboxylic acids is 1. The molecule has 26 heavy (non-hydrogen) atoms. The third-order valence-corrected chi connectivity index (χ3v) is 4.65.